The van der Waals surface area contributed by atoms with E-state index in [2.05, 4.69) is 16.4 Å². The lowest BCUT2D eigenvalue weighted by Gasteiger charge is -2.43. The van der Waals surface area contributed by atoms with Crippen molar-refractivity contribution in [3.8, 4) is 0 Å². The fourth-order valence-corrected chi connectivity index (χ4v) is 2.23. The van der Waals surface area contributed by atoms with Crippen LogP contribution in [0.4, 0.5) is 0 Å². The summed E-state index contributed by atoms with van der Waals surface area (Å²) >= 11 is 0. The van der Waals surface area contributed by atoms with Crippen LogP contribution >= 0.6 is 0 Å². The zero-order valence-electron chi connectivity index (χ0n) is 10.4. The molecule has 1 aromatic rings. The molecule has 0 amide bonds. The average molecular weight is 236 g/mol. The fraction of sp³-hybridized carbons (Fsp3) is 0.615. The molecule has 1 saturated carbocycles. The molecule has 1 aromatic heterocycles. The van der Waals surface area contributed by atoms with E-state index in [0.29, 0.717) is 6.04 Å². The molecular formula is C13H20N2O2. The smallest absolute Gasteiger partial charge is 0.0986 e. The molecule has 1 aliphatic carbocycles. The molecule has 4 nitrogen and oxygen atoms in total. The topological polar surface area (TPSA) is 43.4 Å². The van der Waals surface area contributed by atoms with Gasteiger partial charge in [-0.3, -0.25) is 4.98 Å². The van der Waals surface area contributed by atoms with Gasteiger partial charge in [-0.2, -0.15) is 0 Å². The Morgan fingerprint density at radius 2 is 2.41 bits per heavy atom. The first-order valence-corrected chi connectivity index (χ1v) is 6.11. The van der Waals surface area contributed by atoms with Crippen LogP contribution in [0.5, 0.6) is 0 Å². The first kappa shape index (κ1) is 12.5. The van der Waals surface area contributed by atoms with Crippen LogP contribution in [-0.4, -0.2) is 37.0 Å². The van der Waals surface area contributed by atoms with Crippen LogP contribution in [0.25, 0.3) is 0 Å². The zero-order chi connectivity index (χ0) is 12.1. The second-order valence-corrected chi connectivity index (χ2v) is 4.28. The highest BCUT2D eigenvalue weighted by Crippen LogP contribution is 2.27. The normalized spacial score (nSPS) is 27.8. The molecule has 3 atom stereocenters. The maximum atomic E-state index is 5.59. The van der Waals surface area contributed by atoms with Gasteiger partial charge in [-0.1, -0.05) is 6.07 Å². The first-order valence-electron chi connectivity index (χ1n) is 6.11. The lowest BCUT2D eigenvalue weighted by atomic mass is 9.85. The van der Waals surface area contributed by atoms with Gasteiger partial charge >= 0.3 is 0 Å². The molecule has 1 aliphatic rings. The highest BCUT2D eigenvalue weighted by atomic mass is 16.5. The summed E-state index contributed by atoms with van der Waals surface area (Å²) in [6.45, 7) is 3.60. The summed E-state index contributed by atoms with van der Waals surface area (Å²) < 4.78 is 11.0. The van der Waals surface area contributed by atoms with Crippen molar-refractivity contribution in [3.63, 3.8) is 0 Å². The molecule has 0 aromatic carbocycles. The molecule has 1 N–H and O–H groups in total. The number of nitrogens with one attached hydrogen (secondary N) is 1. The molecule has 1 heterocycles. The average Bonchev–Trinajstić information content (AvgIpc) is 2.34. The Kier molecular flexibility index (Phi) is 4.48. The van der Waals surface area contributed by atoms with Crippen molar-refractivity contribution in [2.75, 3.05) is 13.7 Å². The highest BCUT2D eigenvalue weighted by molar-refractivity contribution is 5.09. The highest BCUT2D eigenvalue weighted by Gasteiger charge is 2.41. The Labute approximate surface area is 102 Å². The van der Waals surface area contributed by atoms with Crippen LogP contribution in [0.3, 0.4) is 0 Å². The van der Waals surface area contributed by atoms with Crippen LogP contribution in [0, 0.1) is 0 Å². The number of hydrogen-bond donors (Lipinski definition) is 1. The van der Waals surface area contributed by atoms with Gasteiger partial charge in [0, 0.05) is 38.7 Å². The largest absolute Gasteiger partial charge is 0.377 e. The Balaban J connectivity index is 1.77. The Morgan fingerprint density at radius 1 is 1.53 bits per heavy atom. The van der Waals surface area contributed by atoms with Crippen LogP contribution in [0.1, 0.15) is 18.9 Å². The van der Waals surface area contributed by atoms with E-state index in [1.165, 1.54) is 5.56 Å². The third-order valence-corrected chi connectivity index (χ3v) is 3.19. The van der Waals surface area contributed by atoms with Crippen LogP contribution in [0.2, 0.25) is 0 Å². The summed E-state index contributed by atoms with van der Waals surface area (Å²) in [6.07, 6.45) is 5.11. The van der Waals surface area contributed by atoms with Gasteiger partial charge in [0.15, 0.2) is 0 Å². The van der Waals surface area contributed by atoms with Crippen LogP contribution in [-0.2, 0) is 16.0 Å². The summed E-state index contributed by atoms with van der Waals surface area (Å²) in [5.41, 5.74) is 1.20. The van der Waals surface area contributed by atoms with Crippen molar-refractivity contribution in [2.45, 2.75) is 38.1 Å². The van der Waals surface area contributed by atoms with Crippen LogP contribution < -0.4 is 5.32 Å². The van der Waals surface area contributed by atoms with Crippen molar-refractivity contribution < 1.29 is 9.47 Å². The lowest BCUT2D eigenvalue weighted by molar-refractivity contribution is -0.131. The van der Waals surface area contributed by atoms with Gasteiger partial charge in [0.25, 0.3) is 0 Å². The summed E-state index contributed by atoms with van der Waals surface area (Å²) in [6, 6.07) is 4.41. The van der Waals surface area contributed by atoms with E-state index in [-0.39, 0.29) is 12.2 Å². The van der Waals surface area contributed by atoms with Gasteiger partial charge in [0.1, 0.15) is 0 Å². The lowest BCUT2D eigenvalue weighted by Crippen LogP contribution is -2.59. The van der Waals surface area contributed by atoms with Crippen LogP contribution in [0.15, 0.2) is 24.5 Å². The van der Waals surface area contributed by atoms with E-state index in [9.17, 15) is 0 Å². The summed E-state index contributed by atoms with van der Waals surface area (Å²) in [5, 5.41) is 3.48. The van der Waals surface area contributed by atoms with Gasteiger partial charge in [-0.25, -0.2) is 0 Å². The van der Waals surface area contributed by atoms with Crippen molar-refractivity contribution in [1.29, 1.82) is 0 Å². The summed E-state index contributed by atoms with van der Waals surface area (Å²) in [7, 11) is 1.74. The summed E-state index contributed by atoms with van der Waals surface area (Å²) in [4.78, 5) is 4.09. The first-order chi connectivity index (χ1) is 8.35. The van der Waals surface area contributed by atoms with Crippen molar-refractivity contribution >= 4 is 0 Å². The molecule has 4 heteroatoms. The van der Waals surface area contributed by atoms with Gasteiger partial charge in [-0.05, 0) is 25.0 Å². The monoisotopic (exact) mass is 236 g/mol. The SMILES string of the molecule is CCOC1CC(NCc2cccnc2)C1OC. The third-order valence-electron chi connectivity index (χ3n) is 3.19. The van der Waals surface area contributed by atoms with E-state index < -0.39 is 0 Å². The van der Waals surface area contributed by atoms with Crippen molar-refractivity contribution in [3.05, 3.63) is 30.1 Å². The number of ether oxygens (including phenoxy) is 2. The minimum Gasteiger partial charge on any atom is -0.377 e. The molecule has 94 valence electrons. The van der Waals surface area contributed by atoms with Crippen molar-refractivity contribution in [2.24, 2.45) is 0 Å². The number of aromatic nitrogens is 1. The minimum absolute atomic E-state index is 0.173. The second-order valence-electron chi connectivity index (χ2n) is 4.28. The Morgan fingerprint density at radius 3 is 3.06 bits per heavy atom. The van der Waals surface area contributed by atoms with E-state index >= 15 is 0 Å². The molecule has 17 heavy (non-hydrogen) atoms. The molecule has 0 aliphatic heterocycles. The number of hydrogen-bond acceptors (Lipinski definition) is 4. The number of pyridine rings is 1. The van der Waals surface area contributed by atoms with Gasteiger partial charge in [-0.15, -0.1) is 0 Å². The van der Waals surface area contributed by atoms with Gasteiger partial charge < -0.3 is 14.8 Å². The fourth-order valence-electron chi connectivity index (χ4n) is 2.23. The summed E-state index contributed by atoms with van der Waals surface area (Å²) in [5.74, 6) is 0. The molecular weight excluding hydrogens is 216 g/mol. The van der Waals surface area contributed by atoms with E-state index in [0.717, 1.165) is 19.6 Å². The molecule has 0 bridgehead atoms. The quantitative estimate of drug-likeness (QED) is 0.810. The second kappa shape index (κ2) is 6.10. The molecule has 1 fully saturated rings. The molecule has 2 rings (SSSR count). The third kappa shape index (κ3) is 3.03. The Hall–Kier alpha value is -0.970. The molecule has 0 spiro atoms. The van der Waals surface area contributed by atoms with E-state index in [1.807, 2.05) is 19.2 Å². The molecule has 3 unspecified atom stereocenters. The maximum Gasteiger partial charge on any atom is 0.0986 e. The number of methoxy groups -OCH3 is 1. The molecule has 0 saturated heterocycles. The number of rotatable bonds is 6. The van der Waals surface area contributed by atoms with Gasteiger partial charge in [0.05, 0.1) is 12.2 Å². The van der Waals surface area contributed by atoms with E-state index in [1.54, 1.807) is 13.3 Å². The predicted molar refractivity (Wildman–Crippen MR) is 65.7 cm³/mol. The Bertz CT molecular complexity index is 331. The standard InChI is InChI=1S/C13H20N2O2/c1-3-17-12-7-11(13(12)16-2)15-9-10-5-4-6-14-8-10/h4-6,8,11-13,15H,3,7,9H2,1-2H3. The van der Waals surface area contributed by atoms with Crippen molar-refractivity contribution in [1.82, 2.24) is 10.3 Å². The zero-order valence-corrected chi connectivity index (χ0v) is 10.4. The maximum absolute atomic E-state index is 5.59. The minimum atomic E-state index is 0.173. The predicted octanol–water partition coefficient (Wildman–Crippen LogP) is 1.36. The van der Waals surface area contributed by atoms with Gasteiger partial charge in [0.2, 0.25) is 0 Å². The number of nitrogens with zero attached hydrogens (tertiary/aromatic N) is 1. The van der Waals surface area contributed by atoms with E-state index in [4.69, 9.17) is 9.47 Å². The molecule has 0 radical (unpaired) electrons.